The molecule has 0 saturated carbocycles. The maximum absolute atomic E-state index is 13.6. The molecule has 0 aliphatic carbocycles. The molecule has 150 valence electrons. The number of morpholine rings is 1. The zero-order valence-electron chi connectivity index (χ0n) is 15.4. The highest BCUT2D eigenvalue weighted by Crippen LogP contribution is 2.38. The van der Waals surface area contributed by atoms with E-state index in [1.54, 1.807) is 6.07 Å². The first-order valence-corrected chi connectivity index (χ1v) is 9.11. The highest BCUT2D eigenvalue weighted by molar-refractivity contribution is 5.69. The predicted molar refractivity (Wildman–Crippen MR) is 99.1 cm³/mol. The van der Waals surface area contributed by atoms with E-state index < -0.39 is 11.7 Å². The highest BCUT2D eigenvalue weighted by atomic mass is 19.4. The summed E-state index contributed by atoms with van der Waals surface area (Å²) in [5.41, 5.74) is 4.73. The zero-order valence-corrected chi connectivity index (χ0v) is 15.4. The number of rotatable bonds is 3. The second-order valence-electron chi connectivity index (χ2n) is 7.17. The van der Waals surface area contributed by atoms with Crippen LogP contribution in [0.2, 0.25) is 0 Å². The fourth-order valence-corrected chi connectivity index (χ4v) is 3.42. The monoisotopic (exact) mass is 394 g/mol. The summed E-state index contributed by atoms with van der Waals surface area (Å²) in [6.45, 7) is 5.97. The molecular weight excluding hydrogens is 373 g/mol. The van der Waals surface area contributed by atoms with Crippen molar-refractivity contribution in [1.82, 2.24) is 15.0 Å². The Bertz CT molecular complexity index is 863. The van der Waals surface area contributed by atoms with Crippen molar-refractivity contribution in [1.29, 1.82) is 0 Å². The number of nitrogen functional groups attached to an aromatic ring is 1. The van der Waals surface area contributed by atoms with Gasteiger partial charge >= 0.3 is 6.18 Å². The van der Waals surface area contributed by atoms with Gasteiger partial charge in [-0.3, -0.25) is 0 Å². The number of alkyl halides is 3. The molecule has 0 aromatic carbocycles. The lowest BCUT2D eigenvalue weighted by Crippen LogP contribution is -2.46. The van der Waals surface area contributed by atoms with Crippen LogP contribution in [0.4, 0.5) is 30.8 Å². The van der Waals surface area contributed by atoms with Crippen molar-refractivity contribution < 1.29 is 17.9 Å². The van der Waals surface area contributed by atoms with Crippen LogP contribution in [0.1, 0.15) is 12.5 Å². The number of hydrogen-bond donors (Lipinski definition) is 1. The first kappa shape index (κ1) is 18.7. The Balaban J connectivity index is 1.81. The van der Waals surface area contributed by atoms with Crippen LogP contribution in [0.25, 0.3) is 11.3 Å². The lowest BCUT2D eigenvalue weighted by atomic mass is 10.0. The van der Waals surface area contributed by atoms with Crippen LogP contribution in [0.15, 0.2) is 18.3 Å². The molecular formula is C18H21F3N6O. The molecule has 0 unspecified atom stereocenters. The molecule has 2 fully saturated rings. The number of ether oxygens (including phenoxy) is 1. The van der Waals surface area contributed by atoms with E-state index in [9.17, 15) is 13.2 Å². The lowest BCUT2D eigenvalue weighted by molar-refractivity contribution is -0.137. The number of aromatic nitrogens is 3. The van der Waals surface area contributed by atoms with Gasteiger partial charge in [-0.1, -0.05) is 6.92 Å². The molecule has 0 amide bonds. The number of hydrogen-bond acceptors (Lipinski definition) is 7. The minimum atomic E-state index is -4.57. The Labute approximate surface area is 160 Å². The maximum Gasteiger partial charge on any atom is 0.417 e. The fourth-order valence-electron chi connectivity index (χ4n) is 3.42. The van der Waals surface area contributed by atoms with E-state index in [2.05, 4.69) is 21.9 Å². The van der Waals surface area contributed by atoms with Crippen LogP contribution in [0.3, 0.4) is 0 Å². The van der Waals surface area contributed by atoms with Crippen LogP contribution in [0, 0.1) is 5.92 Å². The van der Waals surface area contributed by atoms with Gasteiger partial charge in [0, 0.05) is 44.0 Å². The minimum Gasteiger partial charge on any atom is -0.384 e. The Hall–Kier alpha value is -2.62. The Morgan fingerprint density at radius 2 is 1.82 bits per heavy atom. The molecule has 0 radical (unpaired) electrons. The first-order valence-electron chi connectivity index (χ1n) is 9.11. The maximum atomic E-state index is 13.6. The van der Waals surface area contributed by atoms with Gasteiger partial charge in [0.05, 0.1) is 24.5 Å². The molecule has 2 aliphatic rings. The summed E-state index contributed by atoms with van der Waals surface area (Å²) in [4.78, 5) is 16.9. The van der Waals surface area contributed by atoms with Gasteiger partial charge in [0.2, 0.25) is 5.95 Å². The number of halogens is 3. The molecule has 10 heteroatoms. The number of anilines is 3. The second kappa shape index (κ2) is 7.08. The summed E-state index contributed by atoms with van der Waals surface area (Å²) in [6, 6.07) is 2.44. The van der Waals surface area contributed by atoms with Gasteiger partial charge in [0.15, 0.2) is 0 Å². The van der Waals surface area contributed by atoms with Gasteiger partial charge in [-0.25, -0.2) is 9.97 Å². The lowest BCUT2D eigenvalue weighted by Gasteiger charge is -2.39. The number of nitrogens with zero attached hydrogens (tertiary/aromatic N) is 5. The largest absolute Gasteiger partial charge is 0.417 e. The van der Waals surface area contributed by atoms with Crippen molar-refractivity contribution in [3.63, 3.8) is 0 Å². The molecule has 2 saturated heterocycles. The van der Waals surface area contributed by atoms with Gasteiger partial charge in [0.1, 0.15) is 11.6 Å². The van der Waals surface area contributed by atoms with Crippen LogP contribution < -0.4 is 15.5 Å². The summed E-state index contributed by atoms with van der Waals surface area (Å²) in [5, 5.41) is 0. The molecule has 0 bridgehead atoms. The van der Waals surface area contributed by atoms with Crippen molar-refractivity contribution in [2.75, 3.05) is 54.9 Å². The van der Waals surface area contributed by atoms with Gasteiger partial charge in [-0.15, -0.1) is 0 Å². The van der Waals surface area contributed by atoms with Gasteiger partial charge < -0.3 is 20.3 Å². The van der Waals surface area contributed by atoms with E-state index in [-0.39, 0.29) is 17.1 Å². The van der Waals surface area contributed by atoms with Crippen molar-refractivity contribution in [3.05, 3.63) is 23.9 Å². The molecule has 4 rings (SSSR count). The first-order chi connectivity index (χ1) is 13.3. The topological polar surface area (TPSA) is 80.4 Å². The quantitative estimate of drug-likeness (QED) is 0.856. The van der Waals surface area contributed by atoms with E-state index in [1.807, 2.05) is 9.80 Å². The van der Waals surface area contributed by atoms with E-state index in [4.69, 9.17) is 10.5 Å². The van der Waals surface area contributed by atoms with E-state index in [1.165, 1.54) is 0 Å². The summed E-state index contributed by atoms with van der Waals surface area (Å²) in [5.74, 6) is 1.36. The van der Waals surface area contributed by atoms with E-state index >= 15 is 0 Å². The van der Waals surface area contributed by atoms with Gasteiger partial charge in [-0.2, -0.15) is 18.2 Å². The Morgan fingerprint density at radius 3 is 2.46 bits per heavy atom. The van der Waals surface area contributed by atoms with Crippen molar-refractivity contribution >= 4 is 17.6 Å². The molecule has 2 aromatic rings. The van der Waals surface area contributed by atoms with Crippen molar-refractivity contribution in [2.24, 2.45) is 5.92 Å². The number of pyridine rings is 1. The zero-order chi connectivity index (χ0) is 19.9. The molecule has 2 N–H and O–H groups in total. The third kappa shape index (κ3) is 3.68. The highest BCUT2D eigenvalue weighted by Gasteiger charge is 2.35. The molecule has 2 aliphatic heterocycles. The van der Waals surface area contributed by atoms with Crippen LogP contribution in [-0.2, 0) is 10.9 Å². The van der Waals surface area contributed by atoms with E-state index in [0.29, 0.717) is 44.0 Å². The summed E-state index contributed by atoms with van der Waals surface area (Å²) >= 11 is 0. The normalized spacial score (nSPS) is 18.3. The Morgan fingerprint density at radius 1 is 1.11 bits per heavy atom. The minimum absolute atomic E-state index is 0.103. The molecule has 28 heavy (non-hydrogen) atoms. The van der Waals surface area contributed by atoms with Crippen molar-refractivity contribution in [3.8, 4) is 11.3 Å². The molecule has 2 aromatic heterocycles. The smallest absolute Gasteiger partial charge is 0.384 e. The standard InChI is InChI=1S/C18H21F3N6O/c1-11-9-27(10-11)16-7-14(24-17(25-16)26-2-4-28-5-3-26)12-8-23-15(22)6-13(12)18(19,20)21/h6-8,11H,2-5,9-10H2,1H3,(H2,22,23). The molecule has 0 spiro atoms. The SMILES string of the molecule is CC1CN(c2cc(-c3cnc(N)cc3C(F)(F)F)nc(N3CCOCC3)n2)C1. The average Bonchev–Trinajstić information content (AvgIpc) is 2.65. The van der Waals surface area contributed by atoms with Crippen LogP contribution in [-0.4, -0.2) is 54.3 Å². The predicted octanol–water partition coefficient (Wildman–Crippen LogP) is 2.43. The van der Waals surface area contributed by atoms with Crippen LogP contribution in [0.5, 0.6) is 0 Å². The third-order valence-corrected chi connectivity index (χ3v) is 4.89. The summed E-state index contributed by atoms with van der Waals surface area (Å²) < 4.78 is 46.1. The Kier molecular flexibility index (Phi) is 4.74. The molecule has 7 nitrogen and oxygen atoms in total. The number of nitrogens with two attached hydrogens (primary N) is 1. The second-order valence-corrected chi connectivity index (χ2v) is 7.17. The van der Waals surface area contributed by atoms with E-state index in [0.717, 1.165) is 25.4 Å². The summed E-state index contributed by atoms with van der Waals surface area (Å²) in [7, 11) is 0. The summed E-state index contributed by atoms with van der Waals surface area (Å²) in [6.07, 6.45) is -3.44. The van der Waals surface area contributed by atoms with Crippen LogP contribution >= 0.6 is 0 Å². The fraction of sp³-hybridized carbons (Fsp3) is 0.500. The molecule has 4 heterocycles. The van der Waals surface area contributed by atoms with Crippen molar-refractivity contribution in [2.45, 2.75) is 13.1 Å². The van der Waals surface area contributed by atoms with Gasteiger partial charge in [-0.05, 0) is 12.0 Å². The molecule has 0 atom stereocenters. The third-order valence-electron chi connectivity index (χ3n) is 4.89. The van der Waals surface area contributed by atoms with Gasteiger partial charge in [0.25, 0.3) is 0 Å². The average molecular weight is 394 g/mol.